The minimum absolute atomic E-state index is 0.0488. The Morgan fingerprint density at radius 2 is 1.65 bits per heavy atom. The number of halogens is 3. The van der Waals surface area contributed by atoms with Gasteiger partial charge in [0.2, 0.25) is 0 Å². The van der Waals surface area contributed by atoms with E-state index in [1.54, 1.807) is 0 Å². The molecule has 1 aromatic carbocycles. The van der Waals surface area contributed by atoms with Crippen molar-refractivity contribution in [3.8, 4) is 5.75 Å². The molecule has 7 heteroatoms. The van der Waals surface area contributed by atoms with E-state index in [4.69, 9.17) is 9.84 Å². The van der Waals surface area contributed by atoms with Gasteiger partial charge >= 0.3 is 18.1 Å². The highest BCUT2D eigenvalue weighted by Crippen LogP contribution is 2.31. The molecular formula is C19H25F3O4. The van der Waals surface area contributed by atoms with Crippen molar-refractivity contribution < 1.29 is 32.6 Å². The summed E-state index contributed by atoms with van der Waals surface area (Å²) in [7, 11) is 0. The molecule has 0 aliphatic rings. The van der Waals surface area contributed by atoms with Crippen molar-refractivity contribution in [2.45, 2.75) is 70.9 Å². The summed E-state index contributed by atoms with van der Waals surface area (Å²) in [5, 5.41) is 9.15. The normalized spacial score (nSPS) is 11.4. The molecule has 0 aliphatic heterocycles. The average molecular weight is 374 g/mol. The molecule has 4 nitrogen and oxygen atoms in total. The number of para-hydroxylation sites is 1. The maximum atomic E-state index is 12.7. The van der Waals surface area contributed by atoms with Gasteiger partial charge in [-0.1, -0.05) is 57.6 Å². The zero-order valence-electron chi connectivity index (χ0n) is 14.9. The smallest absolute Gasteiger partial charge is 0.393 e. The van der Waals surface area contributed by atoms with Crippen LogP contribution in [0.5, 0.6) is 5.75 Å². The van der Waals surface area contributed by atoms with Crippen molar-refractivity contribution in [1.29, 1.82) is 0 Å². The zero-order valence-corrected chi connectivity index (χ0v) is 14.9. The number of hydrogen-bond donors (Lipinski definition) is 1. The largest absolute Gasteiger partial charge is 0.478 e. The van der Waals surface area contributed by atoms with E-state index in [0.717, 1.165) is 44.2 Å². The van der Waals surface area contributed by atoms with Gasteiger partial charge in [0.05, 0.1) is 6.42 Å². The number of aromatic carboxylic acids is 1. The Morgan fingerprint density at radius 1 is 1.04 bits per heavy atom. The summed E-state index contributed by atoms with van der Waals surface area (Å²) in [6.07, 6.45) is 1.10. The number of carboxylic acid groups (broad SMARTS) is 1. The quantitative estimate of drug-likeness (QED) is 0.314. The lowest BCUT2D eigenvalue weighted by molar-refractivity contribution is -0.136. The Bertz CT molecular complexity index is 597. The minimum atomic E-state index is -4.53. The third-order valence-electron chi connectivity index (χ3n) is 3.92. The van der Waals surface area contributed by atoms with Crippen LogP contribution in [0.4, 0.5) is 13.2 Å². The maximum absolute atomic E-state index is 12.7. The molecule has 0 fully saturated rings. The Kier molecular flexibility index (Phi) is 9.16. The number of carbonyl (C=O) groups is 2. The van der Waals surface area contributed by atoms with Crippen molar-refractivity contribution >= 4 is 11.9 Å². The molecule has 0 heterocycles. The molecule has 0 unspecified atom stereocenters. The van der Waals surface area contributed by atoms with Crippen molar-refractivity contribution in [1.82, 2.24) is 0 Å². The van der Waals surface area contributed by atoms with Crippen LogP contribution in [0.15, 0.2) is 18.2 Å². The van der Waals surface area contributed by atoms with Gasteiger partial charge in [-0.3, -0.25) is 4.79 Å². The molecule has 0 saturated carbocycles. The second kappa shape index (κ2) is 10.8. The average Bonchev–Trinajstić information content (AvgIpc) is 2.54. The summed E-state index contributed by atoms with van der Waals surface area (Å²) in [5.41, 5.74) is -0.801. The molecule has 1 aromatic rings. The lowest BCUT2D eigenvalue weighted by Gasteiger charge is -2.14. The summed E-state index contributed by atoms with van der Waals surface area (Å²) in [6, 6.07) is 3.45. The summed E-state index contributed by atoms with van der Waals surface area (Å²) in [5.74, 6) is -2.66. The highest BCUT2D eigenvalue weighted by molar-refractivity contribution is 5.92. The first-order chi connectivity index (χ1) is 12.2. The highest BCUT2D eigenvalue weighted by Gasteiger charge is 2.31. The first kappa shape index (κ1) is 22.0. The lowest BCUT2D eigenvalue weighted by atomic mass is 10.1. The van der Waals surface area contributed by atoms with Crippen LogP contribution in [0.25, 0.3) is 0 Å². The van der Waals surface area contributed by atoms with E-state index in [9.17, 15) is 22.8 Å². The monoisotopic (exact) mass is 374 g/mol. The third kappa shape index (κ3) is 8.36. The number of ether oxygens (including phenoxy) is 1. The van der Waals surface area contributed by atoms with Crippen LogP contribution in [-0.4, -0.2) is 23.2 Å². The first-order valence-electron chi connectivity index (χ1n) is 8.87. The predicted molar refractivity (Wildman–Crippen MR) is 91.4 cm³/mol. The number of unbranched alkanes of at least 4 members (excludes halogenated alkanes) is 6. The van der Waals surface area contributed by atoms with Crippen LogP contribution in [-0.2, 0) is 11.2 Å². The summed E-state index contributed by atoms with van der Waals surface area (Å²) < 4.78 is 43.0. The number of alkyl halides is 3. The van der Waals surface area contributed by atoms with Crippen molar-refractivity contribution in [3.05, 3.63) is 29.3 Å². The van der Waals surface area contributed by atoms with E-state index in [0.29, 0.717) is 6.42 Å². The number of benzene rings is 1. The van der Waals surface area contributed by atoms with Gasteiger partial charge in [-0.15, -0.1) is 0 Å². The van der Waals surface area contributed by atoms with Crippen molar-refractivity contribution in [2.75, 3.05) is 0 Å². The van der Waals surface area contributed by atoms with Gasteiger partial charge in [0.15, 0.2) is 0 Å². The van der Waals surface area contributed by atoms with E-state index in [2.05, 4.69) is 6.92 Å². The molecule has 0 spiro atoms. The highest BCUT2D eigenvalue weighted by atomic mass is 19.4. The molecule has 26 heavy (non-hydrogen) atoms. The van der Waals surface area contributed by atoms with Crippen LogP contribution in [0, 0.1) is 0 Å². The minimum Gasteiger partial charge on any atom is -0.478 e. The predicted octanol–water partition coefficient (Wildman–Crippen LogP) is 5.54. The summed E-state index contributed by atoms with van der Waals surface area (Å²) in [4.78, 5) is 23.2. The fraction of sp³-hybridized carbons (Fsp3) is 0.579. The van der Waals surface area contributed by atoms with Gasteiger partial charge in [0.25, 0.3) is 0 Å². The molecule has 0 bridgehead atoms. The van der Waals surface area contributed by atoms with Crippen LogP contribution in [0.2, 0.25) is 0 Å². The van der Waals surface area contributed by atoms with Gasteiger partial charge < -0.3 is 9.84 Å². The molecule has 0 radical (unpaired) electrons. The Hall–Kier alpha value is -2.05. The fourth-order valence-electron chi connectivity index (χ4n) is 2.62. The number of carboxylic acids is 1. The number of rotatable bonds is 11. The molecule has 1 N–H and O–H groups in total. The third-order valence-corrected chi connectivity index (χ3v) is 3.92. The Labute approximate surface area is 151 Å². The lowest BCUT2D eigenvalue weighted by Crippen LogP contribution is -2.17. The van der Waals surface area contributed by atoms with Crippen LogP contribution >= 0.6 is 0 Å². The fourth-order valence-corrected chi connectivity index (χ4v) is 2.62. The van der Waals surface area contributed by atoms with Gasteiger partial charge in [-0.05, 0) is 12.5 Å². The van der Waals surface area contributed by atoms with E-state index < -0.39 is 35.8 Å². The van der Waals surface area contributed by atoms with Crippen molar-refractivity contribution in [3.63, 3.8) is 0 Å². The van der Waals surface area contributed by atoms with E-state index >= 15 is 0 Å². The van der Waals surface area contributed by atoms with E-state index in [-0.39, 0.29) is 12.0 Å². The van der Waals surface area contributed by atoms with Crippen LogP contribution in [0.3, 0.4) is 0 Å². The number of esters is 1. The van der Waals surface area contributed by atoms with Gasteiger partial charge in [0.1, 0.15) is 11.3 Å². The molecule has 0 amide bonds. The van der Waals surface area contributed by atoms with Gasteiger partial charge in [-0.2, -0.15) is 13.2 Å². The molecule has 146 valence electrons. The number of hydrogen-bond acceptors (Lipinski definition) is 3. The van der Waals surface area contributed by atoms with E-state index in [1.807, 2.05) is 0 Å². The van der Waals surface area contributed by atoms with Crippen LogP contribution in [0.1, 0.15) is 74.2 Å². The Morgan fingerprint density at radius 3 is 2.23 bits per heavy atom. The van der Waals surface area contributed by atoms with Gasteiger partial charge in [-0.25, -0.2) is 4.79 Å². The summed E-state index contributed by atoms with van der Waals surface area (Å²) in [6.45, 7) is 2.12. The van der Waals surface area contributed by atoms with Crippen molar-refractivity contribution in [2.24, 2.45) is 0 Å². The van der Waals surface area contributed by atoms with E-state index in [1.165, 1.54) is 12.5 Å². The van der Waals surface area contributed by atoms with Gasteiger partial charge in [0, 0.05) is 12.0 Å². The second-order valence-electron chi connectivity index (χ2n) is 6.24. The molecular weight excluding hydrogens is 349 g/mol. The number of carbonyl (C=O) groups excluding carboxylic acids is 1. The molecule has 0 saturated heterocycles. The SMILES string of the molecule is CCCCCCCCCC(=O)Oc1c(CC(F)(F)F)cccc1C(=O)O. The Balaban J connectivity index is 2.66. The first-order valence-corrected chi connectivity index (χ1v) is 8.87. The molecule has 0 aliphatic carbocycles. The standard InChI is InChI=1S/C19H25F3O4/c1-2-3-4-5-6-7-8-12-16(23)26-17-14(13-19(20,21)22)10-9-11-15(17)18(24)25/h9-11H,2-8,12-13H2,1H3,(H,24,25). The van der Waals surface area contributed by atoms with Crippen LogP contribution < -0.4 is 4.74 Å². The molecule has 0 aromatic heterocycles. The molecule has 1 rings (SSSR count). The topological polar surface area (TPSA) is 63.6 Å². The second-order valence-corrected chi connectivity index (χ2v) is 6.24. The maximum Gasteiger partial charge on any atom is 0.393 e. The zero-order chi connectivity index (χ0) is 19.6. The summed E-state index contributed by atoms with van der Waals surface area (Å²) >= 11 is 0. The molecule has 0 atom stereocenters.